The van der Waals surface area contributed by atoms with Gasteiger partial charge < -0.3 is 19.1 Å². The Kier molecular flexibility index (Phi) is 5.79. The Labute approximate surface area is 219 Å². The third-order valence-electron chi connectivity index (χ3n) is 7.43. The number of ketones is 1. The topological polar surface area (TPSA) is 118 Å². The van der Waals surface area contributed by atoms with Crippen molar-refractivity contribution < 1.29 is 23.8 Å². The number of methoxy groups -OCH3 is 2. The standard InChI is InChI=1S/C27H28N6O5/c1-32-25(29-30-31-32)16-7-8-21-18(13-16)20(34)15-27(38-21)9-11-33(12-10-27)26(35)19-14-23(37-3)17-5-4-6-22(36-2)24(17)28-19/h4-8,13-14,30-31H,9-12,15H2,1-3H3. The van der Waals surface area contributed by atoms with Gasteiger partial charge in [-0.15, -0.1) is 10.6 Å². The van der Waals surface area contributed by atoms with Gasteiger partial charge in [0.2, 0.25) is 0 Å². The molecule has 0 aliphatic carbocycles. The molecule has 38 heavy (non-hydrogen) atoms. The van der Waals surface area contributed by atoms with Crippen LogP contribution in [0.1, 0.15) is 45.7 Å². The fraction of sp³-hybridized carbons (Fsp3) is 0.333. The highest BCUT2D eigenvalue weighted by Gasteiger charge is 2.44. The van der Waals surface area contributed by atoms with Gasteiger partial charge in [0.25, 0.3) is 5.91 Å². The van der Waals surface area contributed by atoms with Gasteiger partial charge in [-0.2, -0.15) is 0 Å². The molecule has 11 heteroatoms. The monoisotopic (exact) mass is 516 g/mol. The highest BCUT2D eigenvalue weighted by atomic mass is 16.5. The molecule has 4 heterocycles. The first-order valence-corrected chi connectivity index (χ1v) is 12.4. The lowest BCUT2D eigenvalue weighted by molar-refractivity contribution is -0.00585. The second kappa shape index (κ2) is 9.18. The largest absolute Gasteiger partial charge is 0.496 e. The minimum Gasteiger partial charge on any atom is -0.496 e. The van der Waals surface area contributed by atoms with Crippen LogP contribution < -0.4 is 25.3 Å². The number of amidine groups is 1. The molecular formula is C27H28N6O5. The normalized spacial score (nSPS) is 18.1. The highest BCUT2D eigenvalue weighted by molar-refractivity contribution is 6.05. The summed E-state index contributed by atoms with van der Waals surface area (Å²) in [7, 11) is 4.97. The van der Waals surface area contributed by atoms with Crippen molar-refractivity contribution in [3.05, 3.63) is 59.3 Å². The molecule has 1 saturated heterocycles. The third kappa shape index (κ3) is 3.95. The number of carbonyl (C=O) groups excluding carboxylic acids is 2. The van der Waals surface area contributed by atoms with Gasteiger partial charge in [0.1, 0.15) is 34.1 Å². The van der Waals surface area contributed by atoms with Crippen LogP contribution in [0.15, 0.2) is 47.6 Å². The zero-order valence-electron chi connectivity index (χ0n) is 21.4. The molecule has 11 nitrogen and oxygen atoms in total. The number of amides is 1. The maximum absolute atomic E-state index is 13.5. The van der Waals surface area contributed by atoms with Crippen molar-refractivity contribution in [1.29, 1.82) is 0 Å². The molecule has 0 atom stereocenters. The molecule has 1 spiro atoms. The molecule has 1 aromatic heterocycles. The van der Waals surface area contributed by atoms with Crippen LogP contribution in [-0.4, -0.2) is 72.4 Å². The summed E-state index contributed by atoms with van der Waals surface area (Å²) in [5.74, 6) is 2.22. The molecule has 3 aliphatic rings. The zero-order valence-corrected chi connectivity index (χ0v) is 21.4. The Morgan fingerprint density at radius 3 is 2.58 bits per heavy atom. The average molecular weight is 517 g/mol. The summed E-state index contributed by atoms with van der Waals surface area (Å²) in [4.78, 5) is 33.1. The Morgan fingerprint density at radius 1 is 1.08 bits per heavy atom. The van der Waals surface area contributed by atoms with Crippen LogP contribution in [0, 0.1) is 0 Å². The van der Waals surface area contributed by atoms with Crippen LogP contribution >= 0.6 is 0 Å². The molecule has 0 bridgehead atoms. The first-order valence-electron chi connectivity index (χ1n) is 12.4. The number of piperidine rings is 1. The minimum absolute atomic E-state index is 0.0306. The van der Waals surface area contributed by atoms with Crippen LogP contribution in [-0.2, 0) is 0 Å². The van der Waals surface area contributed by atoms with Crippen LogP contribution in [0.4, 0.5) is 0 Å². The highest BCUT2D eigenvalue weighted by Crippen LogP contribution is 2.40. The lowest BCUT2D eigenvalue weighted by Crippen LogP contribution is -2.52. The van der Waals surface area contributed by atoms with Crippen LogP contribution in [0.5, 0.6) is 17.2 Å². The number of ether oxygens (including phenoxy) is 3. The number of Topliss-reactive ketones (excluding diaryl/α,β-unsaturated/α-hetero) is 1. The first-order chi connectivity index (χ1) is 18.4. The molecule has 1 fully saturated rings. The predicted molar refractivity (Wildman–Crippen MR) is 139 cm³/mol. The lowest BCUT2D eigenvalue weighted by Gasteiger charge is -2.44. The Balaban J connectivity index is 1.20. The van der Waals surface area contributed by atoms with E-state index in [1.54, 1.807) is 36.3 Å². The molecular weight excluding hydrogens is 488 g/mol. The summed E-state index contributed by atoms with van der Waals surface area (Å²) in [5, 5.41) is 6.71. The summed E-state index contributed by atoms with van der Waals surface area (Å²) >= 11 is 0. The molecule has 0 unspecified atom stereocenters. The van der Waals surface area contributed by atoms with Crippen LogP contribution in [0.3, 0.4) is 0 Å². The second-order valence-corrected chi connectivity index (χ2v) is 9.67. The summed E-state index contributed by atoms with van der Waals surface area (Å²) < 4.78 is 17.4. The zero-order chi connectivity index (χ0) is 26.4. The van der Waals surface area contributed by atoms with E-state index in [9.17, 15) is 9.59 Å². The molecule has 0 radical (unpaired) electrons. The number of aromatic nitrogens is 1. The number of hydrazine groups is 2. The molecule has 196 valence electrons. The number of hydrogen-bond acceptors (Lipinski definition) is 10. The van der Waals surface area contributed by atoms with Gasteiger partial charge >= 0.3 is 0 Å². The van der Waals surface area contributed by atoms with Gasteiger partial charge in [-0.3, -0.25) is 14.6 Å². The number of nitrogens with one attached hydrogen (secondary N) is 2. The number of hydrazone groups is 1. The van der Waals surface area contributed by atoms with Crippen molar-refractivity contribution in [1.82, 2.24) is 26.0 Å². The summed E-state index contributed by atoms with van der Waals surface area (Å²) in [6.45, 7) is 0.902. The summed E-state index contributed by atoms with van der Waals surface area (Å²) in [5.41, 5.74) is 7.16. The van der Waals surface area contributed by atoms with Gasteiger partial charge in [-0.1, -0.05) is 6.07 Å². The Hall–Kier alpha value is -4.38. The van der Waals surface area contributed by atoms with Crippen molar-refractivity contribution in [3.63, 3.8) is 0 Å². The van der Waals surface area contributed by atoms with Crippen molar-refractivity contribution in [2.45, 2.75) is 24.9 Å². The third-order valence-corrected chi connectivity index (χ3v) is 7.43. The molecule has 2 N–H and O–H groups in total. The van der Waals surface area contributed by atoms with E-state index < -0.39 is 5.60 Å². The first kappa shape index (κ1) is 24.0. The molecule has 3 aliphatic heterocycles. The number of fused-ring (bicyclic) bond motifs is 2. The van der Waals surface area contributed by atoms with E-state index in [1.807, 2.05) is 37.4 Å². The van der Waals surface area contributed by atoms with E-state index in [2.05, 4.69) is 21.2 Å². The van der Waals surface area contributed by atoms with E-state index in [0.717, 1.165) is 10.9 Å². The van der Waals surface area contributed by atoms with E-state index in [1.165, 1.54) is 0 Å². The van der Waals surface area contributed by atoms with E-state index >= 15 is 0 Å². The van der Waals surface area contributed by atoms with Gasteiger partial charge in [-0.05, 0) is 30.3 Å². The van der Waals surface area contributed by atoms with Crippen molar-refractivity contribution in [2.75, 3.05) is 34.4 Å². The smallest absolute Gasteiger partial charge is 0.272 e. The van der Waals surface area contributed by atoms with E-state index in [0.29, 0.717) is 60.1 Å². The summed E-state index contributed by atoms with van der Waals surface area (Å²) in [6.07, 6.45) is 1.36. The lowest BCUT2D eigenvalue weighted by atomic mass is 9.82. The summed E-state index contributed by atoms with van der Waals surface area (Å²) in [6, 6.07) is 12.7. The predicted octanol–water partition coefficient (Wildman–Crippen LogP) is 2.51. The number of carbonyl (C=O) groups is 2. The van der Waals surface area contributed by atoms with Crippen molar-refractivity contribution >= 4 is 28.4 Å². The van der Waals surface area contributed by atoms with Crippen molar-refractivity contribution in [2.24, 2.45) is 5.10 Å². The Bertz CT molecular complexity index is 1480. The van der Waals surface area contributed by atoms with Crippen molar-refractivity contribution in [3.8, 4) is 17.2 Å². The van der Waals surface area contributed by atoms with E-state index in [-0.39, 0.29) is 23.8 Å². The Morgan fingerprint density at radius 2 is 1.87 bits per heavy atom. The fourth-order valence-electron chi connectivity index (χ4n) is 5.36. The van der Waals surface area contributed by atoms with Gasteiger partial charge in [0, 0.05) is 50.0 Å². The van der Waals surface area contributed by atoms with Gasteiger partial charge in [0.05, 0.1) is 26.2 Å². The van der Waals surface area contributed by atoms with Gasteiger partial charge in [-0.25, -0.2) is 10.5 Å². The number of hydrogen-bond donors (Lipinski definition) is 2. The van der Waals surface area contributed by atoms with E-state index in [4.69, 9.17) is 14.2 Å². The fourth-order valence-corrected chi connectivity index (χ4v) is 5.36. The molecule has 6 rings (SSSR count). The number of likely N-dealkylation sites (tertiary alicyclic amines) is 1. The minimum atomic E-state index is -0.634. The number of pyridine rings is 1. The second-order valence-electron chi connectivity index (χ2n) is 9.67. The maximum Gasteiger partial charge on any atom is 0.272 e. The molecule has 0 saturated carbocycles. The molecule has 1 amide bonds. The number of nitrogens with zero attached hydrogens (tertiary/aromatic N) is 4. The average Bonchev–Trinajstić information content (AvgIpc) is 3.37. The van der Waals surface area contributed by atoms with Crippen LogP contribution in [0.25, 0.3) is 10.9 Å². The number of benzene rings is 2. The number of rotatable bonds is 4. The maximum atomic E-state index is 13.5. The SMILES string of the molecule is COc1cc(C(=O)N2CCC3(CC2)CC(=O)c2cc(C4=NNNN4C)ccc2O3)nc2c(OC)cccc12. The number of para-hydroxylation sites is 1. The van der Waals surface area contributed by atoms with Gasteiger partial charge in [0.15, 0.2) is 11.6 Å². The van der Waals surface area contributed by atoms with Crippen LogP contribution in [0.2, 0.25) is 0 Å². The molecule has 2 aromatic carbocycles. The quantitative estimate of drug-likeness (QED) is 0.539. The molecule has 3 aromatic rings.